The number of hydrogen-bond donors (Lipinski definition) is 1. The first-order chi connectivity index (χ1) is 8.36. The van der Waals surface area contributed by atoms with Crippen molar-refractivity contribution in [2.75, 3.05) is 5.75 Å². The van der Waals surface area contributed by atoms with E-state index in [4.69, 9.17) is 5.11 Å². The van der Waals surface area contributed by atoms with E-state index in [1.807, 2.05) is 6.92 Å². The van der Waals surface area contributed by atoms with Crippen molar-refractivity contribution in [1.82, 2.24) is 0 Å². The van der Waals surface area contributed by atoms with Crippen LogP contribution >= 0.6 is 11.8 Å². The molecule has 1 N–H and O–H groups in total. The molecule has 0 amide bonds. The highest BCUT2D eigenvalue weighted by Crippen LogP contribution is 2.34. The molecule has 100 valence electrons. The minimum atomic E-state index is -4.64. The third kappa shape index (κ3) is 3.94. The van der Waals surface area contributed by atoms with Gasteiger partial charge in [0, 0.05) is 4.90 Å². The van der Waals surface area contributed by atoms with Gasteiger partial charge in [-0.2, -0.15) is 13.2 Å². The smallest absolute Gasteiger partial charge is 0.417 e. The van der Waals surface area contributed by atoms with Crippen LogP contribution in [0.1, 0.15) is 35.7 Å². The maximum Gasteiger partial charge on any atom is 0.417 e. The van der Waals surface area contributed by atoms with Gasteiger partial charge in [-0.15, -0.1) is 11.8 Å². The number of alkyl halides is 3. The van der Waals surface area contributed by atoms with E-state index in [1.54, 1.807) is 0 Å². The van der Waals surface area contributed by atoms with Gasteiger partial charge < -0.3 is 5.11 Å². The molecule has 0 fully saturated rings. The van der Waals surface area contributed by atoms with E-state index in [9.17, 15) is 18.0 Å². The summed E-state index contributed by atoms with van der Waals surface area (Å²) in [4.78, 5) is 11.4. The molecule has 1 aromatic carbocycles. The van der Waals surface area contributed by atoms with Gasteiger partial charge in [0.25, 0.3) is 0 Å². The maximum absolute atomic E-state index is 12.6. The van der Waals surface area contributed by atoms with Crippen molar-refractivity contribution in [3.05, 3.63) is 29.3 Å². The quantitative estimate of drug-likeness (QED) is 0.644. The van der Waals surface area contributed by atoms with Gasteiger partial charge in [0.05, 0.1) is 11.1 Å². The average Bonchev–Trinajstić information content (AvgIpc) is 2.27. The summed E-state index contributed by atoms with van der Waals surface area (Å²) in [5.74, 6) is -0.791. The molecule has 2 nitrogen and oxygen atoms in total. The van der Waals surface area contributed by atoms with Crippen molar-refractivity contribution in [2.24, 2.45) is 0 Å². The number of hydrogen-bond acceptors (Lipinski definition) is 2. The van der Waals surface area contributed by atoms with Crippen molar-refractivity contribution in [2.45, 2.75) is 30.8 Å². The second-order valence-electron chi connectivity index (χ2n) is 3.71. The van der Waals surface area contributed by atoms with E-state index < -0.39 is 23.3 Å². The average molecular weight is 278 g/mol. The number of thioether (sulfide) groups is 1. The van der Waals surface area contributed by atoms with E-state index in [0.717, 1.165) is 30.7 Å². The first kappa shape index (κ1) is 14.9. The van der Waals surface area contributed by atoms with Gasteiger partial charge in [0.2, 0.25) is 0 Å². The second kappa shape index (κ2) is 6.13. The molecule has 0 saturated heterocycles. The molecule has 0 aromatic heterocycles. The largest absolute Gasteiger partial charge is 0.478 e. The number of carbonyl (C=O) groups is 1. The topological polar surface area (TPSA) is 37.3 Å². The lowest BCUT2D eigenvalue weighted by Gasteiger charge is -2.11. The molecule has 0 atom stereocenters. The van der Waals surface area contributed by atoms with Crippen LogP contribution in [0.4, 0.5) is 13.2 Å². The third-order valence-electron chi connectivity index (χ3n) is 2.29. The number of halogens is 3. The van der Waals surface area contributed by atoms with Crippen LogP contribution in [0.25, 0.3) is 0 Å². The highest BCUT2D eigenvalue weighted by Gasteiger charge is 2.35. The van der Waals surface area contributed by atoms with Crippen LogP contribution in [-0.2, 0) is 6.18 Å². The number of carboxylic acid groups (broad SMARTS) is 1. The third-order valence-corrected chi connectivity index (χ3v) is 3.37. The SMILES string of the molecule is CCCCSc1ccc(C(F)(F)F)c(C(=O)O)c1. The lowest BCUT2D eigenvalue weighted by atomic mass is 10.1. The lowest BCUT2D eigenvalue weighted by Crippen LogP contribution is -2.12. The summed E-state index contributed by atoms with van der Waals surface area (Å²) >= 11 is 1.37. The van der Waals surface area contributed by atoms with Crippen LogP contribution in [0, 0.1) is 0 Å². The Morgan fingerprint density at radius 1 is 1.39 bits per heavy atom. The molecule has 0 aliphatic heterocycles. The Balaban J connectivity index is 3.01. The Labute approximate surface area is 107 Å². The molecule has 0 aliphatic carbocycles. The molecular formula is C12H13F3O2S. The zero-order valence-corrected chi connectivity index (χ0v) is 10.6. The summed E-state index contributed by atoms with van der Waals surface area (Å²) in [5.41, 5.74) is -1.79. The first-order valence-electron chi connectivity index (χ1n) is 5.43. The Morgan fingerprint density at radius 2 is 2.06 bits per heavy atom. The summed E-state index contributed by atoms with van der Waals surface area (Å²) < 4.78 is 37.7. The molecule has 0 spiro atoms. The zero-order chi connectivity index (χ0) is 13.8. The Kier molecular flexibility index (Phi) is 5.07. The molecule has 0 bridgehead atoms. The van der Waals surface area contributed by atoms with Gasteiger partial charge in [-0.3, -0.25) is 0 Å². The van der Waals surface area contributed by atoms with Crippen LogP contribution in [-0.4, -0.2) is 16.8 Å². The standard InChI is InChI=1S/C12H13F3O2S/c1-2-3-6-18-8-4-5-10(12(13,14)15)9(7-8)11(16)17/h4-5,7H,2-3,6H2,1H3,(H,16,17). The normalized spacial score (nSPS) is 11.6. The molecule has 0 saturated carbocycles. The van der Waals surface area contributed by atoms with Crippen molar-refractivity contribution in [1.29, 1.82) is 0 Å². The summed E-state index contributed by atoms with van der Waals surface area (Å²) in [6, 6.07) is 3.23. The van der Waals surface area contributed by atoms with Crippen molar-refractivity contribution in [3.63, 3.8) is 0 Å². The van der Waals surface area contributed by atoms with Gasteiger partial charge in [0.15, 0.2) is 0 Å². The molecule has 0 aliphatic rings. The van der Waals surface area contributed by atoms with E-state index in [2.05, 4.69) is 0 Å². The van der Waals surface area contributed by atoms with Gasteiger partial charge in [-0.05, 0) is 30.4 Å². The van der Waals surface area contributed by atoms with Crippen LogP contribution in [0.15, 0.2) is 23.1 Å². The van der Waals surface area contributed by atoms with Crippen molar-refractivity contribution in [3.8, 4) is 0 Å². The van der Waals surface area contributed by atoms with E-state index in [1.165, 1.54) is 17.8 Å². The fourth-order valence-electron chi connectivity index (χ4n) is 1.37. The number of rotatable bonds is 5. The highest BCUT2D eigenvalue weighted by molar-refractivity contribution is 7.99. The van der Waals surface area contributed by atoms with Crippen LogP contribution < -0.4 is 0 Å². The maximum atomic E-state index is 12.6. The minimum absolute atomic E-state index is 0.550. The Morgan fingerprint density at radius 3 is 2.56 bits per heavy atom. The van der Waals surface area contributed by atoms with Gasteiger partial charge in [0.1, 0.15) is 0 Å². The molecular weight excluding hydrogens is 265 g/mol. The minimum Gasteiger partial charge on any atom is -0.478 e. The number of aromatic carboxylic acids is 1. The fourth-order valence-corrected chi connectivity index (χ4v) is 2.41. The fraction of sp³-hybridized carbons (Fsp3) is 0.417. The van der Waals surface area contributed by atoms with Gasteiger partial charge in [-0.1, -0.05) is 13.3 Å². The second-order valence-corrected chi connectivity index (χ2v) is 4.88. The van der Waals surface area contributed by atoms with Crippen LogP contribution in [0.2, 0.25) is 0 Å². The monoisotopic (exact) mass is 278 g/mol. The zero-order valence-electron chi connectivity index (χ0n) is 9.75. The molecule has 1 aromatic rings. The van der Waals surface area contributed by atoms with E-state index >= 15 is 0 Å². The Hall–Kier alpha value is -1.17. The van der Waals surface area contributed by atoms with Crippen molar-refractivity contribution >= 4 is 17.7 Å². The lowest BCUT2D eigenvalue weighted by molar-refractivity contribution is -0.138. The molecule has 0 radical (unpaired) electrons. The van der Waals surface area contributed by atoms with Crippen LogP contribution in [0.3, 0.4) is 0 Å². The van der Waals surface area contributed by atoms with Gasteiger partial charge >= 0.3 is 12.1 Å². The first-order valence-corrected chi connectivity index (χ1v) is 6.42. The molecule has 1 rings (SSSR count). The summed E-state index contributed by atoms with van der Waals surface area (Å²) in [7, 11) is 0. The number of benzene rings is 1. The molecule has 18 heavy (non-hydrogen) atoms. The predicted octanol–water partition coefficient (Wildman–Crippen LogP) is 4.30. The summed E-state index contributed by atoms with van der Waals surface area (Å²) in [5, 5.41) is 8.82. The van der Waals surface area contributed by atoms with E-state index in [0.29, 0.717) is 4.90 Å². The molecule has 0 unspecified atom stereocenters. The Bertz CT molecular complexity index is 430. The number of unbranched alkanes of at least 4 members (excludes halogenated alkanes) is 1. The molecule has 6 heteroatoms. The summed E-state index contributed by atoms with van der Waals surface area (Å²) in [6.45, 7) is 2.01. The molecule has 0 heterocycles. The van der Waals surface area contributed by atoms with Gasteiger partial charge in [-0.25, -0.2) is 4.79 Å². The number of carboxylic acids is 1. The van der Waals surface area contributed by atoms with E-state index in [-0.39, 0.29) is 0 Å². The predicted molar refractivity (Wildman–Crippen MR) is 64.0 cm³/mol. The van der Waals surface area contributed by atoms with Crippen LogP contribution in [0.5, 0.6) is 0 Å². The highest BCUT2D eigenvalue weighted by atomic mass is 32.2. The summed E-state index contributed by atoms with van der Waals surface area (Å²) in [6.07, 6.45) is -2.71. The van der Waals surface area contributed by atoms with Crippen molar-refractivity contribution < 1.29 is 23.1 Å².